The molecule has 1 aliphatic heterocycles. The number of hydrogen-bond acceptors (Lipinski definition) is 9. The maximum atomic E-state index is 14.6. The van der Waals surface area contributed by atoms with E-state index < -0.39 is 74.1 Å². The maximum absolute atomic E-state index is 14.6. The highest BCUT2D eigenvalue weighted by Crippen LogP contribution is 2.45. The van der Waals surface area contributed by atoms with Gasteiger partial charge in [-0.15, -0.1) is 6.58 Å². The van der Waals surface area contributed by atoms with Gasteiger partial charge in [0.2, 0.25) is 21.8 Å². The van der Waals surface area contributed by atoms with E-state index in [-0.39, 0.29) is 25.5 Å². The highest BCUT2D eigenvalue weighted by atomic mass is 32.2. The van der Waals surface area contributed by atoms with Crippen LogP contribution in [0, 0.1) is 11.3 Å². The molecule has 7 rings (SSSR count). The lowest BCUT2D eigenvalue weighted by atomic mass is 9.85. The molecule has 13 nitrogen and oxygen atoms in total. The minimum atomic E-state index is -3.90. The summed E-state index contributed by atoms with van der Waals surface area (Å²) in [6.07, 6.45) is 6.06. The molecule has 2 aromatic carbocycles. The molecule has 3 saturated carbocycles. The number of sulfonamides is 1. The first-order valence-corrected chi connectivity index (χ1v) is 20.9. The van der Waals surface area contributed by atoms with Gasteiger partial charge in [-0.1, -0.05) is 80.5 Å². The van der Waals surface area contributed by atoms with Gasteiger partial charge in [0.15, 0.2) is 0 Å². The maximum Gasteiger partial charge on any atom is 0.408 e. The van der Waals surface area contributed by atoms with E-state index in [2.05, 4.69) is 34.1 Å². The van der Waals surface area contributed by atoms with Crippen LogP contribution in [0.4, 0.5) is 4.79 Å². The Bertz CT molecular complexity index is 1950. The second-order valence-electron chi connectivity index (χ2n) is 16.7. The summed E-state index contributed by atoms with van der Waals surface area (Å²) < 4.78 is 33.3. The van der Waals surface area contributed by atoms with Crippen molar-refractivity contribution in [1.29, 1.82) is 0 Å². The predicted octanol–water partition coefficient (Wildman–Crippen LogP) is 4.28. The molecule has 0 spiro atoms. The summed E-state index contributed by atoms with van der Waals surface area (Å²) in [5.41, 5.74) is 2.43. The summed E-state index contributed by atoms with van der Waals surface area (Å²) in [6.45, 7) is 9.20. The van der Waals surface area contributed by atoms with Gasteiger partial charge in [0, 0.05) is 23.5 Å². The molecule has 3 N–H and O–H groups in total. The molecule has 0 unspecified atom stereocenters. The molecule has 0 bridgehead atoms. The lowest BCUT2D eigenvalue weighted by Gasteiger charge is -2.35. The van der Waals surface area contributed by atoms with Crippen LogP contribution in [0.1, 0.15) is 94.4 Å². The van der Waals surface area contributed by atoms with Crippen molar-refractivity contribution in [2.45, 2.75) is 120 Å². The smallest absolute Gasteiger partial charge is 0.408 e. The molecule has 4 aliphatic carbocycles. The van der Waals surface area contributed by atoms with Crippen LogP contribution < -0.4 is 15.4 Å². The molecular weight excluding hydrogens is 723 g/mol. The third-order valence-corrected chi connectivity index (χ3v) is 13.4. The zero-order valence-corrected chi connectivity index (χ0v) is 32.5. The number of amides is 4. The van der Waals surface area contributed by atoms with Crippen LogP contribution in [-0.4, -0.2) is 84.5 Å². The van der Waals surface area contributed by atoms with Crippen molar-refractivity contribution in [3.63, 3.8) is 0 Å². The fourth-order valence-electron chi connectivity index (χ4n) is 8.09. The quantitative estimate of drug-likeness (QED) is 0.224. The average molecular weight is 774 g/mol. The summed E-state index contributed by atoms with van der Waals surface area (Å²) in [7, 11) is -3.90. The highest BCUT2D eigenvalue weighted by Gasteiger charge is 2.62. The summed E-state index contributed by atoms with van der Waals surface area (Å²) in [6, 6.07) is 13.8. The van der Waals surface area contributed by atoms with E-state index in [1.54, 1.807) is 0 Å². The molecule has 4 amide bonds. The number of hydrogen-bond donors (Lipinski definition) is 3. The van der Waals surface area contributed by atoms with Crippen LogP contribution in [0.15, 0.2) is 66.3 Å². The van der Waals surface area contributed by atoms with Crippen LogP contribution in [0.25, 0.3) is 0 Å². The van der Waals surface area contributed by atoms with E-state index in [1.807, 2.05) is 57.2 Å². The first-order chi connectivity index (χ1) is 26.2. The summed E-state index contributed by atoms with van der Waals surface area (Å²) >= 11 is 0. The number of ether oxygens (including phenoxy) is 1. The van der Waals surface area contributed by atoms with Gasteiger partial charge in [-0.3, -0.25) is 19.1 Å². The fraction of sp³-hybridized carbons (Fsp3) is 0.537. The molecule has 4 fully saturated rings. The molecule has 55 heavy (non-hydrogen) atoms. The largest absolute Gasteiger partial charge is 0.446 e. The number of carbonyl (C=O) groups is 4. The zero-order valence-electron chi connectivity index (χ0n) is 31.7. The normalized spacial score (nSPS) is 25.4. The Kier molecular flexibility index (Phi) is 10.6. The van der Waals surface area contributed by atoms with Crippen molar-refractivity contribution in [1.82, 2.24) is 20.3 Å². The first kappa shape index (κ1) is 38.6. The SMILES string of the molecule is C=C[C@@H]1C[C@@]1(NC(=O)[C@@H]1C[C@@H](ON=C2c3ccccc3CCc3ccccc32)CN1C(=O)[C@@H](NC(=O)OC1CCCC1)C(C)(C)C)C(=O)NS(=O)(=O)C1CC1. The molecule has 1 heterocycles. The molecular formula is C41H51N5O8S. The second kappa shape index (κ2) is 15.1. The lowest BCUT2D eigenvalue weighted by Crippen LogP contribution is -2.60. The number of fused-ring (bicyclic) bond motifs is 2. The number of nitrogens with zero attached hydrogens (tertiary/aromatic N) is 2. The van der Waals surface area contributed by atoms with Gasteiger partial charge < -0.3 is 25.1 Å². The van der Waals surface area contributed by atoms with Crippen LogP contribution in [0.5, 0.6) is 0 Å². The number of aryl methyl sites for hydroxylation is 2. The molecule has 1 saturated heterocycles. The summed E-state index contributed by atoms with van der Waals surface area (Å²) in [5, 5.41) is 9.68. The van der Waals surface area contributed by atoms with Crippen molar-refractivity contribution in [3.8, 4) is 0 Å². The Morgan fingerprint density at radius 3 is 2.13 bits per heavy atom. The van der Waals surface area contributed by atoms with E-state index in [0.717, 1.165) is 60.8 Å². The summed E-state index contributed by atoms with van der Waals surface area (Å²) in [5.74, 6) is -2.52. The van der Waals surface area contributed by atoms with E-state index in [1.165, 1.54) is 11.0 Å². The molecule has 0 radical (unpaired) electrons. The van der Waals surface area contributed by atoms with Crippen LogP contribution in [0.2, 0.25) is 0 Å². The number of likely N-dealkylation sites (tertiary alicyclic amines) is 1. The zero-order chi connectivity index (χ0) is 39.1. The number of rotatable bonds is 11. The Morgan fingerprint density at radius 1 is 0.945 bits per heavy atom. The lowest BCUT2D eigenvalue weighted by molar-refractivity contribution is -0.143. The van der Waals surface area contributed by atoms with Gasteiger partial charge in [-0.05, 0) is 74.3 Å². The Hall–Kier alpha value is -4.72. The van der Waals surface area contributed by atoms with E-state index in [9.17, 15) is 27.6 Å². The highest BCUT2D eigenvalue weighted by molar-refractivity contribution is 7.91. The minimum absolute atomic E-state index is 0.0257. The number of carbonyl (C=O) groups excluding carboxylic acids is 4. The van der Waals surface area contributed by atoms with E-state index >= 15 is 0 Å². The summed E-state index contributed by atoms with van der Waals surface area (Å²) in [4.78, 5) is 63.3. The van der Waals surface area contributed by atoms with Gasteiger partial charge in [0.1, 0.15) is 35.5 Å². The van der Waals surface area contributed by atoms with Gasteiger partial charge in [-0.25, -0.2) is 13.2 Å². The van der Waals surface area contributed by atoms with Crippen molar-refractivity contribution >= 4 is 39.5 Å². The van der Waals surface area contributed by atoms with Gasteiger partial charge in [0.05, 0.1) is 11.8 Å². The first-order valence-electron chi connectivity index (χ1n) is 19.4. The number of alkyl carbamates (subject to hydrolysis) is 1. The molecule has 0 aromatic heterocycles. The van der Waals surface area contributed by atoms with E-state index in [0.29, 0.717) is 18.6 Å². The van der Waals surface area contributed by atoms with Crippen molar-refractivity contribution in [3.05, 3.63) is 83.4 Å². The van der Waals surface area contributed by atoms with Crippen molar-refractivity contribution in [2.75, 3.05) is 6.54 Å². The molecule has 5 aliphatic rings. The van der Waals surface area contributed by atoms with Crippen LogP contribution in [0.3, 0.4) is 0 Å². The topological polar surface area (TPSA) is 173 Å². The molecule has 294 valence electrons. The third kappa shape index (κ3) is 8.15. The van der Waals surface area contributed by atoms with Crippen LogP contribution in [-0.2, 0) is 46.8 Å². The molecule has 14 heteroatoms. The van der Waals surface area contributed by atoms with Crippen LogP contribution >= 0.6 is 0 Å². The number of benzene rings is 2. The average Bonchev–Trinajstić information content (AvgIpc) is 4.04. The number of nitrogens with one attached hydrogen (secondary N) is 3. The third-order valence-electron chi connectivity index (χ3n) is 11.6. The van der Waals surface area contributed by atoms with Gasteiger partial charge in [-0.2, -0.15) is 0 Å². The minimum Gasteiger partial charge on any atom is -0.446 e. The van der Waals surface area contributed by atoms with Gasteiger partial charge in [0.25, 0.3) is 5.91 Å². The fourth-order valence-corrected chi connectivity index (χ4v) is 9.45. The predicted molar refractivity (Wildman–Crippen MR) is 205 cm³/mol. The van der Waals surface area contributed by atoms with E-state index in [4.69, 9.17) is 14.7 Å². The Morgan fingerprint density at radius 2 is 1.56 bits per heavy atom. The Labute approximate surface area is 322 Å². The van der Waals surface area contributed by atoms with Crippen molar-refractivity contribution < 1.29 is 37.2 Å². The monoisotopic (exact) mass is 773 g/mol. The van der Waals surface area contributed by atoms with Gasteiger partial charge >= 0.3 is 6.09 Å². The standard InChI is InChI=1S/C41H51N5O8S/c1-5-27-23-41(27,38(49)45-55(51,52)30-20-21-30)43-36(47)33-22-29(24-46(33)37(48)35(40(2,3)4)42-39(50)53-28-14-8-9-15-28)54-44-34-31-16-10-6-12-25(31)18-19-26-13-7-11-17-32(26)34/h5-7,10-13,16-17,27-30,33,35H,1,8-9,14-15,18-24H2,2-4H3,(H,42,50)(H,43,47)(H,45,49)/t27-,29-,33+,35-,41+/m1/s1. The Balaban J connectivity index is 1.17. The second-order valence-corrected chi connectivity index (χ2v) is 18.6. The number of oxime groups is 1. The van der Waals surface area contributed by atoms with Crippen molar-refractivity contribution in [2.24, 2.45) is 16.5 Å². The molecule has 2 aromatic rings. The molecule has 5 atom stereocenters.